The standard InChI is InChI=1S/C6H9N3O2/c10-6-7-5(8-9-6)4-1-2-11-3-4/h4H,1-3H2,(H2,7,8,9,10). The van der Waals surface area contributed by atoms with Crippen molar-refractivity contribution in [3.8, 4) is 0 Å². The smallest absolute Gasteiger partial charge is 0.340 e. The van der Waals surface area contributed by atoms with Crippen LogP contribution in [0.25, 0.3) is 0 Å². The van der Waals surface area contributed by atoms with Gasteiger partial charge in [-0.3, -0.25) is 4.98 Å². The Kier molecular flexibility index (Phi) is 1.50. The normalized spacial score (nSPS) is 24.2. The quantitative estimate of drug-likeness (QED) is 0.579. The number of H-pyrrole nitrogens is 2. The lowest BCUT2D eigenvalue weighted by atomic mass is 10.1. The molecule has 0 amide bonds. The fourth-order valence-electron chi connectivity index (χ4n) is 1.23. The van der Waals surface area contributed by atoms with E-state index in [2.05, 4.69) is 15.2 Å². The first-order valence-electron chi connectivity index (χ1n) is 3.58. The predicted octanol–water partition coefficient (Wildman–Crippen LogP) is -0.398. The molecule has 1 unspecified atom stereocenters. The van der Waals surface area contributed by atoms with E-state index in [1.54, 1.807) is 0 Å². The van der Waals surface area contributed by atoms with Crippen LogP contribution in [-0.4, -0.2) is 28.4 Å². The highest BCUT2D eigenvalue weighted by molar-refractivity contribution is 4.94. The molecule has 5 nitrogen and oxygen atoms in total. The minimum Gasteiger partial charge on any atom is -0.381 e. The van der Waals surface area contributed by atoms with E-state index in [1.165, 1.54) is 0 Å². The van der Waals surface area contributed by atoms with Gasteiger partial charge in [-0.2, -0.15) is 5.10 Å². The fraction of sp³-hybridized carbons (Fsp3) is 0.667. The molecule has 1 aliphatic rings. The third kappa shape index (κ3) is 1.19. The zero-order valence-corrected chi connectivity index (χ0v) is 5.96. The Morgan fingerprint density at radius 3 is 3.09 bits per heavy atom. The Bertz CT molecular complexity index is 284. The fourth-order valence-corrected chi connectivity index (χ4v) is 1.23. The van der Waals surface area contributed by atoms with E-state index < -0.39 is 0 Å². The molecule has 1 aliphatic heterocycles. The first kappa shape index (κ1) is 6.60. The molecule has 1 saturated heterocycles. The first-order valence-corrected chi connectivity index (χ1v) is 3.58. The number of nitrogens with one attached hydrogen (secondary N) is 2. The summed E-state index contributed by atoms with van der Waals surface area (Å²) in [5.74, 6) is 0.987. The topological polar surface area (TPSA) is 70.8 Å². The number of hydrogen-bond donors (Lipinski definition) is 2. The molecule has 1 fully saturated rings. The Morgan fingerprint density at radius 1 is 1.64 bits per heavy atom. The Balaban J connectivity index is 2.21. The van der Waals surface area contributed by atoms with E-state index >= 15 is 0 Å². The van der Waals surface area contributed by atoms with Gasteiger partial charge < -0.3 is 4.74 Å². The van der Waals surface area contributed by atoms with Crippen LogP contribution in [0.1, 0.15) is 18.2 Å². The molecule has 5 heteroatoms. The molecule has 2 heterocycles. The average Bonchev–Trinajstić information content (AvgIpc) is 2.55. The zero-order chi connectivity index (χ0) is 7.68. The van der Waals surface area contributed by atoms with Gasteiger partial charge in [0.2, 0.25) is 0 Å². The molecule has 1 aromatic heterocycles. The summed E-state index contributed by atoms with van der Waals surface area (Å²) in [6.45, 7) is 1.43. The summed E-state index contributed by atoms with van der Waals surface area (Å²) in [5, 5.41) is 6.15. The van der Waals surface area contributed by atoms with Gasteiger partial charge in [-0.05, 0) is 6.42 Å². The molecule has 0 aliphatic carbocycles. The maximum Gasteiger partial charge on any atom is 0.340 e. The van der Waals surface area contributed by atoms with E-state index in [9.17, 15) is 4.79 Å². The van der Waals surface area contributed by atoms with E-state index in [0.29, 0.717) is 12.4 Å². The van der Waals surface area contributed by atoms with Gasteiger partial charge in [0.1, 0.15) is 5.82 Å². The lowest BCUT2D eigenvalue weighted by molar-refractivity contribution is 0.193. The molecule has 60 valence electrons. The average molecular weight is 155 g/mol. The van der Waals surface area contributed by atoms with Gasteiger partial charge in [-0.1, -0.05) is 0 Å². The highest BCUT2D eigenvalue weighted by atomic mass is 16.5. The van der Waals surface area contributed by atoms with Crippen LogP contribution in [-0.2, 0) is 4.74 Å². The largest absolute Gasteiger partial charge is 0.381 e. The molecule has 0 spiro atoms. The van der Waals surface area contributed by atoms with Crippen molar-refractivity contribution in [1.29, 1.82) is 0 Å². The number of ether oxygens (including phenoxy) is 1. The van der Waals surface area contributed by atoms with Gasteiger partial charge >= 0.3 is 5.69 Å². The number of aromatic amines is 2. The van der Waals surface area contributed by atoms with Crippen LogP contribution in [0.3, 0.4) is 0 Å². The first-order chi connectivity index (χ1) is 5.36. The van der Waals surface area contributed by atoms with Crippen molar-refractivity contribution in [3.63, 3.8) is 0 Å². The molecule has 11 heavy (non-hydrogen) atoms. The molecular weight excluding hydrogens is 146 g/mol. The predicted molar refractivity (Wildman–Crippen MR) is 37.4 cm³/mol. The summed E-state index contributed by atoms with van der Waals surface area (Å²) >= 11 is 0. The molecule has 0 aromatic carbocycles. The summed E-state index contributed by atoms with van der Waals surface area (Å²) < 4.78 is 5.14. The molecule has 0 bridgehead atoms. The van der Waals surface area contributed by atoms with E-state index in [4.69, 9.17) is 4.74 Å². The third-order valence-electron chi connectivity index (χ3n) is 1.84. The Morgan fingerprint density at radius 2 is 2.55 bits per heavy atom. The molecule has 0 radical (unpaired) electrons. The number of nitrogens with zero attached hydrogens (tertiary/aromatic N) is 1. The Hall–Kier alpha value is -1.10. The van der Waals surface area contributed by atoms with E-state index in [-0.39, 0.29) is 11.6 Å². The van der Waals surface area contributed by atoms with Crippen molar-refractivity contribution in [3.05, 3.63) is 16.3 Å². The molecule has 1 aromatic rings. The van der Waals surface area contributed by atoms with Gasteiger partial charge in [0.25, 0.3) is 0 Å². The summed E-state index contributed by atoms with van der Waals surface area (Å²) in [4.78, 5) is 13.2. The van der Waals surface area contributed by atoms with Crippen molar-refractivity contribution in [2.24, 2.45) is 0 Å². The number of rotatable bonds is 1. The van der Waals surface area contributed by atoms with Gasteiger partial charge in [-0.25, -0.2) is 9.89 Å². The van der Waals surface area contributed by atoms with Crippen LogP contribution in [0.15, 0.2) is 4.79 Å². The van der Waals surface area contributed by atoms with Crippen LogP contribution in [0.2, 0.25) is 0 Å². The number of aromatic nitrogens is 3. The molecule has 2 N–H and O–H groups in total. The van der Waals surface area contributed by atoms with Crippen molar-refractivity contribution >= 4 is 0 Å². The lowest BCUT2D eigenvalue weighted by Gasteiger charge is -1.98. The highest BCUT2D eigenvalue weighted by Crippen LogP contribution is 2.20. The van der Waals surface area contributed by atoms with Crippen LogP contribution in [0.4, 0.5) is 0 Å². The number of hydrogen-bond acceptors (Lipinski definition) is 3. The maximum atomic E-state index is 10.6. The molecular formula is C6H9N3O2. The van der Waals surface area contributed by atoms with Crippen molar-refractivity contribution in [2.75, 3.05) is 13.2 Å². The minimum atomic E-state index is -0.244. The van der Waals surface area contributed by atoms with Gasteiger partial charge in [0, 0.05) is 12.5 Å². The van der Waals surface area contributed by atoms with Crippen LogP contribution < -0.4 is 5.69 Å². The lowest BCUT2D eigenvalue weighted by Crippen LogP contribution is -2.04. The van der Waals surface area contributed by atoms with Crippen LogP contribution >= 0.6 is 0 Å². The monoisotopic (exact) mass is 155 g/mol. The van der Waals surface area contributed by atoms with Crippen LogP contribution in [0, 0.1) is 0 Å². The zero-order valence-electron chi connectivity index (χ0n) is 5.96. The second kappa shape index (κ2) is 2.50. The van der Waals surface area contributed by atoms with Crippen LogP contribution in [0.5, 0.6) is 0 Å². The molecule has 1 atom stereocenters. The molecule has 0 saturated carbocycles. The highest BCUT2D eigenvalue weighted by Gasteiger charge is 2.20. The van der Waals surface area contributed by atoms with Crippen molar-refractivity contribution in [2.45, 2.75) is 12.3 Å². The third-order valence-corrected chi connectivity index (χ3v) is 1.84. The Labute approximate surface area is 62.8 Å². The van der Waals surface area contributed by atoms with Crippen molar-refractivity contribution < 1.29 is 4.74 Å². The van der Waals surface area contributed by atoms with E-state index in [0.717, 1.165) is 13.0 Å². The van der Waals surface area contributed by atoms with Gasteiger partial charge in [0.15, 0.2) is 0 Å². The second-order valence-corrected chi connectivity index (χ2v) is 2.62. The summed E-state index contributed by atoms with van der Waals surface area (Å²) in [7, 11) is 0. The minimum absolute atomic E-state index is 0.244. The van der Waals surface area contributed by atoms with E-state index in [1.807, 2.05) is 0 Å². The second-order valence-electron chi connectivity index (χ2n) is 2.62. The summed E-state index contributed by atoms with van der Waals surface area (Å²) in [6.07, 6.45) is 0.945. The summed E-state index contributed by atoms with van der Waals surface area (Å²) in [6, 6.07) is 0. The van der Waals surface area contributed by atoms with Crippen molar-refractivity contribution in [1.82, 2.24) is 15.2 Å². The molecule has 2 rings (SSSR count). The van der Waals surface area contributed by atoms with Gasteiger partial charge in [0.05, 0.1) is 6.61 Å². The van der Waals surface area contributed by atoms with Gasteiger partial charge in [-0.15, -0.1) is 0 Å². The maximum absolute atomic E-state index is 10.6. The SMILES string of the molecule is O=c1[nH]nc(C2CCOC2)[nH]1. The summed E-state index contributed by atoms with van der Waals surface area (Å²) in [5.41, 5.74) is -0.244.